The molecule has 2 rings (SSSR count). The van der Waals surface area contributed by atoms with Gasteiger partial charge < -0.3 is 14.8 Å². The number of ether oxygens (including phenoxy) is 2. The summed E-state index contributed by atoms with van der Waals surface area (Å²) in [6.45, 7) is 1.17. The first-order valence-corrected chi connectivity index (χ1v) is 7.87. The van der Waals surface area contributed by atoms with Gasteiger partial charge in [-0.05, 0) is 43.4 Å². The normalized spacial score (nSPS) is 16.7. The molecular formula is C17H28NO2+. The third-order valence-corrected chi connectivity index (χ3v) is 4.28. The zero-order valence-electron chi connectivity index (χ0n) is 12.9. The summed E-state index contributed by atoms with van der Waals surface area (Å²) in [5, 5.41) is 2.54. The molecule has 1 aromatic carbocycles. The highest BCUT2D eigenvalue weighted by Crippen LogP contribution is 2.27. The molecule has 20 heavy (non-hydrogen) atoms. The van der Waals surface area contributed by atoms with Crippen molar-refractivity contribution >= 4 is 0 Å². The van der Waals surface area contributed by atoms with Crippen molar-refractivity contribution in [1.29, 1.82) is 0 Å². The highest BCUT2D eigenvalue weighted by Gasteiger charge is 2.14. The van der Waals surface area contributed by atoms with Crippen molar-refractivity contribution in [1.82, 2.24) is 0 Å². The summed E-state index contributed by atoms with van der Waals surface area (Å²) >= 11 is 0. The molecule has 3 nitrogen and oxygen atoms in total. The van der Waals surface area contributed by atoms with E-state index < -0.39 is 0 Å². The van der Waals surface area contributed by atoms with Crippen LogP contribution in [0.25, 0.3) is 0 Å². The predicted molar refractivity (Wildman–Crippen MR) is 81.5 cm³/mol. The lowest BCUT2D eigenvalue weighted by atomic mass is 10.1. The lowest BCUT2D eigenvalue weighted by Crippen LogP contribution is -2.90. The fourth-order valence-electron chi connectivity index (χ4n) is 3.07. The summed E-state index contributed by atoms with van der Waals surface area (Å²) in [5.74, 6) is 1.64. The Kier molecular flexibility index (Phi) is 6.19. The van der Waals surface area contributed by atoms with Crippen LogP contribution in [0.15, 0.2) is 18.2 Å². The fraction of sp³-hybridized carbons (Fsp3) is 0.647. The third kappa shape index (κ3) is 4.41. The van der Waals surface area contributed by atoms with Gasteiger partial charge >= 0.3 is 0 Å². The zero-order chi connectivity index (χ0) is 14.2. The van der Waals surface area contributed by atoms with E-state index in [-0.39, 0.29) is 0 Å². The van der Waals surface area contributed by atoms with Crippen LogP contribution >= 0.6 is 0 Å². The number of hydrogen-bond acceptors (Lipinski definition) is 2. The van der Waals surface area contributed by atoms with Crippen LogP contribution in [-0.4, -0.2) is 26.8 Å². The topological polar surface area (TPSA) is 35.1 Å². The number of quaternary nitrogens is 1. The standard InChI is InChI=1S/C17H27NO2/c1-19-16-10-9-14(13-17(16)20-2)11-12-18-15-7-5-3-4-6-8-15/h9-10,13,15,18H,3-8,11-12H2,1-2H3/p+1. The Balaban J connectivity index is 1.81. The summed E-state index contributed by atoms with van der Waals surface area (Å²) in [6.07, 6.45) is 9.57. The maximum absolute atomic E-state index is 5.35. The van der Waals surface area contributed by atoms with E-state index in [4.69, 9.17) is 9.47 Å². The average Bonchev–Trinajstić information content (AvgIpc) is 2.76. The molecule has 3 heteroatoms. The first-order chi connectivity index (χ1) is 9.83. The van der Waals surface area contributed by atoms with E-state index in [2.05, 4.69) is 17.4 Å². The molecule has 1 aliphatic rings. The van der Waals surface area contributed by atoms with Crippen molar-refractivity contribution in [3.05, 3.63) is 23.8 Å². The maximum Gasteiger partial charge on any atom is 0.160 e. The van der Waals surface area contributed by atoms with E-state index in [9.17, 15) is 0 Å². The molecule has 0 heterocycles. The minimum atomic E-state index is 0.809. The van der Waals surface area contributed by atoms with Crippen LogP contribution in [-0.2, 0) is 6.42 Å². The van der Waals surface area contributed by atoms with Gasteiger partial charge in [0.2, 0.25) is 0 Å². The number of hydrogen-bond donors (Lipinski definition) is 1. The van der Waals surface area contributed by atoms with E-state index in [1.54, 1.807) is 14.2 Å². The second kappa shape index (κ2) is 8.15. The van der Waals surface area contributed by atoms with Crippen molar-refractivity contribution in [2.45, 2.75) is 51.0 Å². The van der Waals surface area contributed by atoms with E-state index in [1.807, 2.05) is 6.07 Å². The average molecular weight is 278 g/mol. The Morgan fingerprint density at radius 3 is 2.35 bits per heavy atom. The van der Waals surface area contributed by atoms with Crippen LogP contribution < -0.4 is 14.8 Å². The van der Waals surface area contributed by atoms with Gasteiger partial charge in [-0.3, -0.25) is 0 Å². The molecule has 0 bridgehead atoms. The van der Waals surface area contributed by atoms with Gasteiger partial charge in [-0.25, -0.2) is 0 Å². The maximum atomic E-state index is 5.35. The van der Waals surface area contributed by atoms with Gasteiger partial charge in [-0.15, -0.1) is 0 Å². The second-order valence-corrected chi connectivity index (χ2v) is 5.72. The van der Waals surface area contributed by atoms with Gasteiger partial charge in [0.25, 0.3) is 0 Å². The monoisotopic (exact) mass is 278 g/mol. The minimum Gasteiger partial charge on any atom is -0.493 e. The van der Waals surface area contributed by atoms with Crippen LogP contribution in [0.1, 0.15) is 44.1 Å². The quantitative estimate of drug-likeness (QED) is 0.812. The highest BCUT2D eigenvalue weighted by atomic mass is 16.5. The van der Waals surface area contributed by atoms with Gasteiger partial charge in [0.05, 0.1) is 26.8 Å². The molecule has 1 aromatic rings. The Labute approximate surface area is 122 Å². The van der Waals surface area contributed by atoms with Crippen LogP contribution in [0.4, 0.5) is 0 Å². The Morgan fingerprint density at radius 1 is 1.00 bits per heavy atom. The smallest absolute Gasteiger partial charge is 0.160 e. The lowest BCUT2D eigenvalue weighted by molar-refractivity contribution is -0.690. The fourth-order valence-corrected chi connectivity index (χ4v) is 3.07. The zero-order valence-corrected chi connectivity index (χ0v) is 12.9. The minimum absolute atomic E-state index is 0.809. The van der Waals surface area contributed by atoms with Crippen molar-refractivity contribution < 1.29 is 14.8 Å². The summed E-state index contributed by atoms with van der Waals surface area (Å²) < 4.78 is 10.6. The number of nitrogens with two attached hydrogens (primary N) is 1. The van der Waals surface area contributed by atoms with E-state index in [0.29, 0.717) is 0 Å². The van der Waals surface area contributed by atoms with Gasteiger partial charge in [0.1, 0.15) is 0 Å². The Hall–Kier alpha value is -1.22. The van der Waals surface area contributed by atoms with Gasteiger partial charge in [-0.1, -0.05) is 18.9 Å². The molecule has 0 saturated heterocycles. The van der Waals surface area contributed by atoms with E-state index >= 15 is 0 Å². The molecule has 0 amide bonds. The van der Waals surface area contributed by atoms with E-state index in [0.717, 1.165) is 24.0 Å². The molecule has 0 atom stereocenters. The molecule has 0 unspecified atom stereocenters. The largest absolute Gasteiger partial charge is 0.493 e. The van der Waals surface area contributed by atoms with Crippen LogP contribution in [0, 0.1) is 0 Å². The second-order valence-electron chi connectivity index (χ2n) is 5.72. The number of rotatable bonds is 6. The van der Waals surface area contributed by atoms with Crippen LogP contribution in [0.2, 0.25) is 0 Å². The van der Waals surface area contributed by atoms with Gasteiger partial charge in [-0.2, -0.15) is 0 Å². The van der Waals surface area contributed by atoms with E-state index in [1.165, 1.54) is 50.6 Å². The molecule has 1 aliphatic carbocycles. The summed E-state index contributed by atoms with van der Waals surface area (Å²) in [7, 11) is 3.37. The first-order valence-electron chi connectivity index (χ1n) is 7.87. The first kappa shape index (κ1) is 15.2. The molecule has 0 radical (unpaired) electrons. The van der Waals surface area contributed by atoms with Crippen molar-refractivity contribution in [3.63, 3.8) is 0 Å². The highest BCUT2D eigenvalue weighted by molar-refractivity contribution is 5.42. The Morgan fingerprint density at radius 2 is 1.70 bits per heavy atom. The van der Waals surface area contributed by atoms with Gasteiger partial charge in [0.15, 0.2) is 11.5 Å². The molecule has 2 N–H and O–H groups in total. The van der Waals surface area contributed by atoms with Crippen LogP contribution in [0.5, 0.6) is 11.5 Å². The summed E-state index contributed by atoms with van der Waals surface area (Å²) in [4.78, 5) is 0. The van der Waals surface area contributed by atoms with Crippen LogP contribution in [0.3, 0.4) is 0 Å². The summed E-state index contributed by atoms with van der Waals surface area (Å²) in [5.41, 5.74) is 1.33. The lowest BCUT2D eigenvalue weighted by Gasteiger charge is -2.13. The Bertz CT molecular complexity index is 398. The van der Waals surface area contributed by atoms with Crippen molar-refractivity contribution in [2.24, 2.45) is 0 Å². The molecule has 1 fully saturated rings. The SMILES string of the molecule is COc1ccc(CC[NH2+]C2CCCCCC2)cc1OC. The van der Waals surface area contributed by atoms with Crippen molar-refractivity contribution in [2.75, 3.05) is 20.8 Å². The van der Waals surface area contributed by atoms with Crippen molar-refractivity contribution in [3.8, 4) is 11.5 Å². The number of benzene rings is 1. The molecule has 0 aromatic heterocycles. The third-order valence-electron chi connectivity index (χ3n) is 4.28. The molecule has 0 spiro atoms. The number of methoxy groups -OCH3 is 2. The molecular weight excluding hydrogens is 250 g/mol. The van der Waals surface area contributed by atoms with Gasteiger partial charge in [0, 0.05) is 6.42 Å². The summed E-state index contributed by atoms with van der Waals surface area (Å²) in [6, 6.07) is 7.08. The predicted octanol–water partition coefficient (Wildman–Crippen LogP) is 2.53. The molecule has 1 saturated carbocycles. The molecule has 112 valence electrons. The molecule has 0 aliphatic heterocycles.